The predicted molar refractivity (Wildman–Crippen MR) is 97.0 cm³/mol. The maximum absolute atomic E-state index is 14.5. The highest BCUT2D eigenvalue weighted by Gasteiger charge is 2.25. The second-order valence-electron chi connectivity index (χ2n) is 6.62. The molecule has 1 amide bonds. The van der Waals surface area contributed by atoms with Crippen molar-refractivity contribution in [1.82, 2.24) is 24.8 Å². The van der Waals surface area contributed by atoms with Crippen molar-refractivity contribution in [3.05, 3.63) is 48.3 Å². The Bertz CT molecular complexity index is 1070. The number of fused-ring (bicyclic) bond motifs is 1. The third kappa shape index (κ3) is 3.19. The molecule has 7 nitrogen and oxygen atoms in total. The van der Waals surface area contributed by atoms with Gasteiger partial charge >= 0.3 is 0 Å². The number of nitrogens with zero attached hydrogens (tertiary/aromatic N) is 5. The van der Waals surface area contributed by atoms with Gasteiger partial charge in [0.25, 0.3) is 5.91 Å². The van der Waals surface area contributed by atoms with Gasteiger partial charge in [-0.05, 0) is 24.6 Å². The van der Waals surface area contributed by atoms with E-state index >= 15 is 0 Å². The van der Waals surface area contributed by atoms with Crippen LogP contribution >= 0.6 is 0 Å². The van der Waals surface area contributed by atoms with Gasteiger partial charge in [-0.1, -0.05) is 0 Å². The number of carbonyl (C=O) groups is 1. The van der Waals surface area contributed by atoms with Crippen LogP contribution in [0.5, 0.6) is 0 Å². The molecule has 1 saturated heterocycles. The van der Waals surface area contributed by atoms with Gasteiger partial charge in [0.05, 0.1) is 0 Å². The van der Waals surface area contributed by atoms with Crippen molar-refractivity contribution in [3.8, 4) is 17.3 Å². The smallest absolute Gasteiger partial charge is 0.273 e. The maximum Gasteiger partial charge on any atom is 0.273 e. The number of hydrogen-bond acceptors (Lipinski definition) is 5. The molecule has 0 aromatic carbocycles. The van der Waals surface area contributed by atoms with Crippen molar-refractivity contribution in [2.45, 2.75) is 12.5 Å². The number of nitriles is 1. The summed E-state index contributed by atoms with van der Waals surface area (Å²) in [6.45, 7) is 1.02. The van der Waals surface area contributed by atoms with E-state index in [0.717, 1.165) is 16.6 Å². The number of carbonyl (C=O) groups excluding carboxylic acids is 1. The Morgan fingerprint density at radius 3 is 2.85 bits per heavy atom. The van der Waals surface area contributed by atoms with Crippen molar-refractivity contribution in [2.75, 3.05) is 13.1 Å². The van der Waals surface area contributed by atoms with Crippen LogP contribution in [0.15, 0.2) is 36.8 Å². The third-order valence-corrected chi connectivity index (χ3v) is 4.76. The van der Waals surface area contributed by atoms with E-state index < -0.39 is 11.7 Å². The Balaban J connectivity index is 1.54. The van der Waals surface area contributed by atoms with Crippen LogP contribution in [-0.2, 0) is 7.05 Å². The average Bonchev–Trinajstić information content (AvgIpc) is 3.27. The van der Waals surface area contributed by atoms with Gasteiger partial charge in [-0.3, -0.25) is 4.79 Å². The fourth-order valence-corrected chi connectivity index (χ4v) is 3.30. The number of hydrogen-bond donors (Lipinski definition) is 1. The van der Waals surface area contributed by atoms with Gasteiger partial charge in [0.15, 0.2) is 17.7 Å². The van der Waals surface area contributed by atoms with Gasteiger partial charge in [0.2, 0.25) is 0 Å². The van der Waals surface area contributed by atoms with Crippen LogP contribution in [0.3, 0.4) is 0 Å². The lowest BCUT2D eigenvalue weighted by Crippen LogP contribution is -2.37. The molecule has 27 heavy (non-hydrogen) atoms. The first-order chi connectivity index (χ1) is 13.0. The molecule has 4 rings (SSSR count). The SMILES string of the molecule is Cn1ccc2cc(-c3cnc(C(=O)NC4CCN(C#N)C4)c(F)c3)cnc21. The molecule has 1 N–H and O–H groups in total. The first kappa shape index (κ1) is 17.0. The number of amides is 1. The molecule has 0 spiro atoms. The molecule has 1 aliphatic heterocycles. The quantitative estimate of drug-likeness (QED) is 0.719. The molecule has 3 aromatic rings. The summed E-state index contributed by atoms with van der Waals surface area (Å²) in [5, 5.41) is 12.6. The highest BCUT2D eigenvalue weighted by molar-refractivity contribution is 5.93. The lowest BCUT2D eigenvalue weighted by atomic mass is 10.1. The number of aromatic nitrogens is 3. The summed E-state index contributed by atoms with van der Waals surface area (Å²) in [5.74, 6) is -1.26. The van der Waals surface area contributed by atoms with E-state index in [1.165, 1.54) is 12.3 Å². The first-order valence-electron chi connectivity index (χ1n) is 8.57. The summed E-state index contributed by atoms with van der Waals surface area (Å²) >= 11 is 0. The maximum atomic E-state index is 14.5. The number of pyridine rings is 2. The van der Waals surface area contributed by atoms with Gasteiger partial charge in [0.1, 0.15) is 5.65 Å². The minimum Gasteiger partial charge on any atom is -0.346 e. The Hall–Kier alpha value is -3.47. The molecule has 0 saturated carbocycles. The zero-order chi connectivity index (χ0) is 19.0. The highest BCUT2D eigenvalue weighted by Crippen LogP contribution is 2.24. The fourth-order valence-electron chi connectivity index (χ4n) is 3.30. The zero-order valence-electron chi connectivity index (χ0n) is 14.7. The summed E-state index contributed by atoms with van der Waals surface area (Å²) in [6.07, 6.45) is 7.74. The number of nitrogens with one attached hydrogen (secondary N) is 1. The predicted octanol–water partition coefficient (Wildman–Crippen LogP) is 2.06. The number of aryl methyl sites for hydroxylation is 1. The summed E-state index contributed by atoms with van der Waals surface area (Å²) in [6, 6.07) is 4.96. The first-order valence-corrected chi connectivity index (χ1v) is 8.57. The van der Waals surface area contributed by atoms with E-state index in [-0.39, 0.29) is 11.7 Å². The fraction of sp³-hybridized carbons (Fsp3) is 0.263. The molecule has 1 unspecified atom stereocenters. The number of rotatable bonds is 3. The summed E-state index contributed by atoms with van der Waals surface area (Å²) in [4.78, 5) is 22.3. The van der Waals surface area contributed by atoms with Crippen LogP contribution in [0.2, 0.25) is 0 Å². The van der Waals surface area contributed by atoms with Gasteiger partial charge in [-0.25, -0.2) is 14.4 Å². The van der Waals surface area contributed by atoms with Gasteiger partial charge in [-0.2, -0.15) is 5.26 Å². The van der Waals surface area contributed by atoms with E-state index in [9.17, 15) is 9.18 Å². The van der Waals surface area contributed by atoms with E-state index in [1.54, 1.807) is 11.1 Å². The van der Waals surface area contributed by atoms with Crippen molar-refractivity contribution < 1.29 is 9.18 Å². The molecule has 0 bridgehead atoms. The summed E-state index contributed by atoms with van der Waals surface area (Å²) < 4.78 is 16.4. The molecule has 4 heterocycles. The zero-order valence-corrected chi connectivity index (χ0v) is 14.7. The number of likely N-dealkylation sites (tertiary alicyclic amines) is 1. The Morgan fingerprint density at radius 2 is 2.11 bits per heavy atom. The molecule has 136 valence electrons. The minimum absolute atomic E-state index is 0.178. The van der Waals surface area contributed by atoms with E-state index in [1.807, 2.05) is 36.1 Å². The monoisotopic (exact) mass is 364 g/mol. The van der Waals surface area contributed by atoms with Gasteiger partial charge in [-0.15, -0.1) is 0 Å². The van der Waals surface area contributed by atoms with Crippen LogP contribution in [0.4, 0.5) is 4.39 Å². The van der Waals surface area contributed by atoms with Crippen LogP contribution in [0.25, 0.3) is 22.2 Å². The van der Waals surface area contributed by atoms with Crippen molar-refractivity contribution in [2.24, 2.45) is 7.05 Å². The van der Waals surface area contributed by atoms with Crippen molar-refractivity contribution >= 4 is 16.9 Å². The standard InChI is InChI=1S/C19H17FN6O/c1-25-4-2-12-6-13(9-23-18(12)25)14-7-16(20)17(22-8-14)19(27)24-15-3-5-26(10-15)11-21/h2,4,6-9,15H,3,5,10H2,1H3,(H,24,27). The normalized spacial score (nSPS) is 16.5. The molecule has 1 fully saturated rings. The second kappa shape index (κ2) is 6.68. The summed E-state index contributed by atoms with van der Waals surface area (Å²) in [5.41, 5.74) is 1.88. The Morgan fingerprint density at radius 1 is 1.33 bits per heavy atom. The molecular formula is C19H17FN6O. The van der Waals surface area contributed by atoms with Gasteiger partial charge < -0.3 is 14.8 Å². The van der Waals surface area contributed by atoms with Crippen molar-refractivity contribution in [3.63, 3.8) is 0 Å². The minimum atomic E-state index is -0.687. The van der Waals surface area contributed by atoms with Crippen LogP contribution in [0.1, 0.15) is 16.9 Å². The van der Waals surface area contributed by atoms with Crippen LogP contribution < -0.4 is 5.32 Å². The summed E-state index contributed by atoms with van der Waals surface area (Å²) in [7, 11) is 1.91. The van der Waals surface area contributed by atoms with E-state index in [4.69, 9.17) is 5.26 Å². The molecule has 1 aliphatic rings. The van der Waals surface area contributed by atoms with Crippen LogP contribution in [-0.4, -0.2) is 44.5 Å². The lowest BCUT2D eigenvalue weighted by molar-refractivity contribution is 0.0929. The van der Waals surface area contributed by atoms with Crippen LogP contribution in [0, 0.1) is 17.3 Å². The molecule has 1 atom stereocenters. The van der Waals surface area contributed by atoms with Gasteiger partial charge in [0, 0.05) is 61.3 Å². The highest BCUT2D eigenvalue weighted by atomic mass is 19.1. The average molecular weight is 364 g/mol. The molecule has 3 aromatic heterocycles. The third-order valence-electron chi connectivity index (χ3n) is 4.76. The molecule has 8 heteroatoms. The lowest BCUT2D eigenvalue weighted by Gasteiger charge is -2.12. The Kier molecular flexibility index (Phi) is 4.20. The number of halogens is 1. The Labute approximate surface area is 155 Å². The second-order valence-corrected chi connectivity index (χ2v) is 6.62. The van der Waals surface area contributed by atoms with E-state index in [0.29, 0.717) is 25.1 Å². The molecular weight excluding hydrogens is 347 g/mol. The topological polar surface area (TPSA) is 86.8 Å². The van der Waals surface area contributed by atoms with Crippen molar-refractivity contribution in [1.29, 1.82) is 5.26 Å². The largest absolute Gasteiger partial charge is 0.346 e. The molecule has 0 aliphatic carbocycles. The molecule has 0 radical (unpaired) electrons. The van der Waals surface area contributed by atoms with E-state index in [2.05, 4.69) is 15.3 Å².